The van der Waals surface area contributed by atoms with Gasteiger partial charge in [-0.3, -0.25) is 4.79 Å². The van der Waals surface area contributed by atoms with E-state index in [-0.39, 0.29) is 5.78 Å². The van der Waals surface area contributed by atoms with Gasteiger partial charge >= 0.3 is 0 Å². The number of nitrogens with zero attached hydrogens (tertiary/aromatic N) is 1. The maximum Gasteiger partial charge on any atom is 0.223 e. The molecule has 21 heavy (non-hydrogen) atoms. The van der Waals surface area contributed by atoms with Gasteiger partial charge in [0, 0.05) is 22.5 Å². The van der Waals surface area contributed by atoms with Crippen molar-refractivity contribution in [2.45, 2.75) is 33.6 Å². The summed E-state index contributed by atoms with van der Waals surface area (Å²) in [6, 6.07) is 7.81. The van der Waals surface area contributed by atoms with Crippen molar-refractivity contribution in [2.24, 2.45) is 0 Å². The summed E-state index contributed by atoms with van der Waals surface area (Å²) in [5.74, 6) is 0.343. The van der Waals surface area contributed by atoms with Crippen molar-refractivity contribution in [1.82, 2.24) is 9.97 Å². The summed E-state index contributed by atoms with van der Waals surface area (Å²) in [7, 11) is 0. The van der Waals surface area contributed by atoms with E-state index in [0.717, 1.165) is 16.6 Å². The topological polar surface area (TPSA) is 45.8 Å². The summed E-state index contributed by atoms with van der Waals surface area (Å²) in [4.78, 5) is 20.0. The fourth-order valence-corrected chi connectivity index (χ4v) is 2.96. The van der Waals surface area contributed by atoms with Crippen molar-refractivity contribution >= 4 is 28.0 Å². The van der Waals surface area contributed by atoms with E-state index < -0.39 is 0 Å². The molecule has 0 radical (unpaired) electrons. The van der Waals surface area contributed by atoms with Gasteiger partial charge in [0.05, 0.1) is 11.3 Å². The van der Waals surface area contributed by atoms with Crippen LogP contribution < -0.4 is 0 Å². The van der Waals surface area contributed by atoms with Gasteiger partial charge in [-0.05, 0) is 12.0 Å². The Kier molecular flexibility index (Phi) is 4.91. The van der Waals surface area contributed by atoms with Gasteiger partial charge in [-0.25, -0.2) is 4.98 Å². The van der Waals surface area contributed by atoms with Gasteiger partial charge in [0.15, 0.2) is 5.01 Å². The number of benzene rings is 1. The van der Waals surface area contributed by atoms with Crippen LogP contribution in [-0.2, 0) is 0 Å². The molecule has 4 heteroatoms. The van der Waals surface area contributed by atoms with E-state index in [9.17, 15) is 4.79 Å². The second-order valence-corrected chi connectivity index (χ2v) is 5.67. The molecule has 2 heterocycles. The standard InChI is InChI=1S/C15H14N2OS.C2H6/c1-9(2)13-8-19-15(17-13)14(18)11-7-16-12-6-4-3-5-10(11)12;1-2/h3-9,16H,1-2H3;1-2H3. The SMILES string of the molecule is CC.CC(C)c1csc(C(=O)c2c[nH]c3ccccc23)n1. The molecule has 1 aromatic carbocycles. The zero-order chi connectivity index (χ0) is 15.4. The quantitative estimate of drug-likeness (QED) is 0.691. The second-order valence-electron chi connectivity index (χ2n) is 4.81. The predicted molar refractivity (Wildman–Crippen MR) is 89.3 cm³/mol. The second kappa shape index (κ2) is 6.68. The minimum atomic E-state index is -0.00523. The maximum atomic E-state index is 12.5. The number of carbonyl (C=O) groups is 1. The Hall–Kier alpha value is -1.94. The van der Waals surface area contributed by atoms with Crippen molar-refractivity contribution in [2.75, 3.05) is 0 Å². The molecule has 0 bridgehead atoms. The van der Waals surface area contributed by atoms with Gasteiger partial charge < -0.3 is 4.98 Å². The first-order chi connectivity index (χ1) is 10.2. The Morgan fingerprint density at radius 1 is 1.24 bits per heavy atom. The summed E-state index contributed by atoms with van der Waals surface area (Å²) in [5, 5.41) is 3.48. The number of hydrogen-bond acceptors (Lipinski definition) is 3. The lowest BCUT2D eigenvalue weighted by atomic mass is 10.1. The van der Waals surface area contributed by atoms with Crippen molar-refractivity contribution < 1.29 is 4.79 Å². The first-order valence-electron chi connectivity index (χ1n) is 7.23. The van der Waals surface area contributed by atoms with Crippen LogP contribution in [0.4, 0.5) is 0 Å². The number of nitrogens with one attached hydrogen (secondary N) is 1. The van der Waals surface area contributed by atoms with Crippen LogP contribution in [0.3, 0.4) is 0 Å². The van der Waals surface area contributed by atoms with Gasteiger partial charge in [-0.1, -0.05) is 45.9 Å². The number of hydrogen-bond donors (Lipinski definition) is 1. The third kappa shape index (κ3) is 3.05. The number of carbonyl (C=O) groups excluding carboxylic acids is 1. The van der Waals surface area contributed by atoms with Gasteiger partial charge in [-0.2, -0.15) is 0 Å². The molecule has 3 aromatic rings. The highest BCUT2D eigenvalue weighted by molar-refractivity contribution is 7.12. The van der Waals surface area contributed by atoms with E-state index in [4.69, 9.17) is 0 Å². The minimum Gasteiger partial charge on any atom is -0.360 e. The Labute approximate surface area is 129 Å². The molecular weight excluding hydrogens is 280 g/mol. The summed E-state index contributed by atoms with van der Waals surface area (Å²) in [6.07, 6.45) is 1.77. The predicted octanol–water partition coefficient (Wildman–Crippen LogP) is 5.01. The van der Waals surface area contributed by atoms with Gasteiger partial charge in [0.1, 0.15) is 0 Å². The van der Waals surface area contributed by atoms with Crippen LogP contribution in [0.1, 0.15) is 54.7 Å². The third-order valence-corrected chi connectivity index (χ3v) is 4.00. The number of aromatic nitrogens is 2. The summed E-state index contributed by atoms with van der Waals surface area (Å²) < 4.78 is 0. The molecule has 0 unspecified atom stereocenters. The van der Waals surface area contributed by atoms with Crippen LogP contribution in [0.25, 0.3) is 10.9 Å². The Balaban J connectivity index is 0.000000774. The highest BCUT2D eigenvalue weighted by Crippen LogP contribution is 2.24. The molecule has 0 saturated carbocycles. The molecule has 110 valence electrons. The van der Waals surface area contributed by atoms with Crippen molar-refractivity contribution in [3.05, 3.63) is 52.1 Å². The van der Waals surface area contributed by atoms with Crippen LogP contribution in [-0.4, -0.2) is 15.8 Å². The molecule has 0 aliphatic rings. The molecule has 0 amide bonds. The van der Waals surface area contributed by atoms with E-state index >= 15 is 0 Å². The molecule has 0 fully saturated rings. The fraction of sp³-hybridized carbons (Fsp3) is 0.294. The normalized spacial score (nSPS) is 10.5. The summed E-state index contributed by atoms with van der Waals surface area (Å²) in [6.45, 7) is 8.16. The lowest BCUT2D eigenvalue weighted by Crippen LogP contribution is -2.00. The van der Waals surface area contributed by atoms with Gasteiger partial charge in [0.25, 0.3) is 0 Å². The van der Waals surface area contributed by atoms with E-state index in [0.29, 0.717) is 16.5 Å². The summed E-state index contributed by atoms with van der Waals surface area (Å²) >= 11 is 1.42. The lowest BCUT2D eigenvalue weighted by Gasteiger charge is -1.97. The number of fused-ring (bicyclic) bond motifs is 1. The third-order valence-electron chi connectivity index (χ3n) is 3.14. The Morgan fingerprint density at radius 3 is 2.62 bits per heavy atom. The van der Waals surface area contributed by atoms with E-state index in [1.165, 1.54) is 11.3 Å². The molecule has 3 rings (SSSR count). The fourth-order valence-electron chi connectivity index (χ4n) is 2.03. The Bertz CT molecular complexity index is 740. The monoisotopic (exact) mass is 300 g/mol. The number of rotatable bonds is 3. The smallest absolute Gasteiger partial charge is 0.223 e. The molecule has 0 spiro atoms. The average Bonchev–Trinajstić information content (AvgIpc) is 3.16. The van der Waals surface area contributed by atoms with Gasteiger partial charge in [-0.15, -0.1) is 11.3 Å². The van der Waals surface area contributed by atoms with Crippen LogP contribution >= 0.6 is 11.3 Å². The van der Waals surface area contributed by atoms with E-state index in [1.807, 2.05) is 43.5 Å². The van der Waals surface area contributed by atoms with Crippen LogP contribution in [0, 0.1) is 0 Å². The highest BCUT2D eigenvalue weighted by Gasteiger charge is 2.18. The van der Waals surface area contributed by atoms with E-state index in [1.54, 1.807) is 6.20 Å². The molecule has 0 aliphatic carbocycles. The largest absolute Gasteiger partial charge is 0.360 e. The molecular formula is C17H20N2OS. The van der Waals surface area contributed by atoms with Gasteiger partial charge in [0.2, 0.25) is 5.78 Å². The zero-order valence-electron chi connectivity index (χ0n) is 12.8. The molecule has 0 saturated heterocycles. The molecule has 2 aromatic heterocycles. The van der Waals surface area contributed by atoms with Crippen LogP contribution in [0.5, 0.6) is 0 Å². The first-order valence-corrected chi connectivity index (χ1v) is 8.11. The Morgan fingerprint density at radius 2 is 1.95 bits per heavy atom. The first kappa shape index (κ1) is 15.4. The maximum absolute atomic E-state index is 12.5. The van der Waals surface area contributed by atoms with Crippen LogP contribution in [0.15, 0.2) is 35.8 Å². The minimum absolute atomic E-state index is 0.00523. The number of H-pyrrole nitrogens is 1. The van der Waals surface area contributed by atoms with Crippen LogP contribution in [0.2, 0.25) is 0 Å². The molecule has 0 atom stereocenters. The zero-order valence-corrected chi connectivity index (χ0v) is 13.6. The average molecular weight is 300 g/mol. The number of aromatic amines is 1. The van der Waals surface area contributed by atoms with Crippen molar-refractivity contribution in [3.63, 3.8) is 0 Å². The number of ketones is 1. The lowest BCUT2D eigenvalue weighted by molar-refractivity contribution is 0.104. The number of para-hydroxylation sites is 1. The number of thiazole rings is 1. The molecule has 0 aliphatic heterocycles. The molecule has 3 nitrogen and oxygen atoms in total. The van der Waals surface area contributed by atoms with E-state index in [2.05, 4.69) is 23.8 Å². The molecule has 1 N–H and O–H groups in total. The highest BCUT2D eigenvalue weighted by atomic mass is 32.1. The van der Waals surface area contributed by atoms with Crippen molar-refractivity contribution in [3.8, 4) is 0 Å². The van der Waals surface area contributed by atoms with Crippen molar-refractivity contribution in [1.29, 1.82) is 0 Å². The summed E-state index contributed by atoms with van der Waals surface area (Å²) in [5.41, 5.74) is 2.65.